The normalized spacial score (nSPS) is 9.00. The molecule has 1 aromatic carbocycles. The van der Waals surface area contributed by atoms with Gasteiger partial charge in [0.05, 0.1) is 0 Å². The summed E-state index contributed by atoms with van der Waals surface area (Å²) in [7, 11) is 0. The number of H-pyrrole nitrogens is 1. The SMILES string of the molecule is Cl.Cl.NCc1ccc2cc[nH]c2c1. The molecule has 0 aliphatic carbocycles. The Bertz CT molecular complexity index is 370. The van der Waals surface area contributed by atoms with Crippen LogP contribution in [0.3, 0.4) is 0 Å². The highest BCUT2D eigenvalue weighted by Gasteiger charge is 1.93. The third-order valence-electron chi connectivity index (χ3n) is 1.86. The van der Waals surface area contributed by atoms with Crippen LogP contribution >= 0.6 is 24.8 Å². The van der Waals surface area contributed by atoms with Crippen LogP contribution < -0.4 is 5.73 Å². The van der Waals surface area contributed by atoms with Crippen LogP contribution in [-0.2, 0) is 6.54 Å². The highest BCUT2D eigenvalue weighted by molar-refractivity contribution is 5.85. The lowest BCUT2D eigenvalue weighted by molar-refractivity contribution is 1.07. The van der Waals surface area contributed by atoms with Crippen molar-refractivity contribution in [2.24, 2.45) is 5.73 Å². The van der Waals surface area contributed by atoms with Crippen LogP contribution in [0.5, 0.6) is 0 Å². The zero-order chi connectivity index (χ0) is 7.68. The van der Waals surface area contributed by atoms with Crippen LogP contribution in [0.1, 0.15) is 5.56 Å². The van der Waals surface area contributed by atoms with Crippen LogP contribution in [-0.4, -0.2) is 4.98 Å². The number of aromatic amines is 1. The number of halogens is 2. The standard InChI is InChI=1S/C9H10N2.2ClH/c10-6-7-1-2-8-3-4-11-9(8)5-7;;/h1-5,11H,6,10H2;2*1H. The molecular weight excluding hydrogens is 207 g/mol. The van der Waals surface area contributed by atoms with Crippen molar-refractivity contribution in [1.82, 2.24) is 4.98 Å². The molecule has 4 heteroatoms. The minimum Gasteiger partial charge on any atom is -0.361 e. The van der Waals surface area contributed by atoms with Gasteiger partial charge in [-0.2, -0.15) is 0 Å². The summed E-state index contributed by atoms with van der Waals surface area (Å²) in [6.07, 6.45) is 1.94. The van der Waals surface area contributed by atoms with Crippen molar-refractivity contribution in [2.45, 2.75) is 6.54 Å². The largest absolute Gasteiger partial charge is 0.361 e. The molecular formula is C9H12Cl2N2. The first-order chi connectivity index (χ1) is 5.40. The van der Waals surface area contributed by atoms with Crippen LogP contribution in [0.25, 0.3) is 10.9 Å². The van der Waals surface area contributed by atoms with E-state index in [4.69, 9.17) is 5.73 Å². The van der Waals surface area contributed by atoms with Crippen molar-refractivity contribution in [2.75, 3.05) is 0 Å². The molecule has 0 saturated carbocycles. The Labute approximate surface area is 89.3 Å². The zero-order valence-corrected chi connectivity index (χ0v) is 8.62. The van der Waals surface area contributed by atoms with E-state index in [1.54, 1.807) is 0 Å². The molecule has 0 bridgehead atoms. The molecule has 0 amide bonds. The second-order valence-corrected chi connectivity index (χ2v) is 2.60. The number of aromatic nitrogens is 1. The molecule has 0 spiro atoms. The Hall–Kier alpha value is -0.700. The van der Waals surface area contributed by atoms with Gasteiger partial charge in [-0.15, -0.1) is 24.8 Å². The Morgan fingerprint density at radius 3 is 2.62 bits per heavy atom. The van der Waals surface area contributed by atoms with Gasteiger partial charge in [0.15, 0.2) is 0 Å². The van der Waals surface area contributed by atoms with Crippen molar-refractivity contribution >= 4 is 35.7 Å². The first-order valence-electron chi connectivity index (χ1n) is 3.66. The van der Waals surface area contributed by atoms with E-state index in [-0.39, 0.29) is 24.8 Å². The first-order valence-corrected chi connectivity index (χ1v) is 3.66. The number of fused-ring (bicyclic) bond motifs is 1. The van der Waals surface area contributed by atoms with Gasteiger partial charge in [0.2, 0.25) is 0 Å². The third-order valence-corrected chi connectivity index (χ3v) is 1.86. The smallest absolute Gasteiger partial charge is 0.0457 e. The predicted octanol–water partition coefficient (Wildman–Crippen LogP) is 2.47. The predicted molar refractivity (Wildman–Crippen MR) is 60.7 cm³/mol. The summed E-state index contributed by atoms with van der Waals surface area (Å²) in [5, 5.41) is 1.24. The van der Waals surface area contributed by atoms with Gasteiger partial charge in [-0.25, -0.2) is 0 Å². The number of rotatable bonds is 1. The van der Waals surface area contributed by atoms with Crippen LogP contribution in [0.2, 0.25) is 0 Å². The number of nitrogens with two attached hydrogens (primary N) is 1. The number of nitrogens with one attached hydrogen (secondary N) is 1. The Kier molecular flexibility index (Phi) is 4.85. The van der Waals surface area contributed by atoms with E-state index < -0.39 is 0 Å². The summed E-state index contributed by atoms with van der Waals surface area (Å²) in [5.74, 6) is 0. The molecule has 13 heavy (non-hydrogen) atoms. The van der Waals surface area contributed by atoms with Gasteiger partial charge >= 0.3 is 0 Å². The quantitative estimate of drug-likeness (QED) is 0.760. The molecule has 2 rings (SSSR count). The monoisotopic (exact) mass is 218 g/mol. The summed E-state index contributed by atoms with van der Waals surface area (Å²) in [6.45, 7) is 0.606. The van der Waals surface area contributed by atoms with Crippen LogP contribution in [0.15, 0.2) is 30.5 Å². The molecule has 0 atom stereocenters. The van der Waals surface area contributed by atoms with E-state index in [0.717, 1.165) is 5.52 Å². The number of benzene rings is 1. The average Bonchev–Trinajstić information content (AvgIpc) is 2.50. The second kappa shape index (κ2) is 5.12. The number of hydrogen-bond donors (Lipinski definition) is 2. The van der Waals surface area contributed by atoms with Gasteiger partial charge < -0.3 is 10.7 Å². The molecule has 72 valence electrons. The summed E-state index contributed by atoms with van der Waals surface area (Å²) >= 11 is 0. The van der Waals surface area contributed by atoms with Gasteiger partial charge in [-0.05, 0) is 23.1 Å². The lowest BCUT2D eigenvalue weighted by Crippen LogP contribution is -1.94. The number of hydrogen-bond acceptors (Lipinski definition) is 1. The summed E-state index contributed by atoms with van der Waals surface area (Å²) in [4.78, 5) is 3.14. The maximum Gasteiger partial charge on any atom is 0.0457 e. The minimum absolute atomic E-state index is 0. The third kappa shape index (κ3) is 2.37. The fourth-order valence-corrected chi connectivity index (χ4v) is 1.22. The summed E-state index contributed by atoms with van der Waals surface area (Å²) in [5.41, 5.74) is 7.82. The Balaban J connectivity index is 0.000000720. The maximum atomic E-state index is 5.50. The van der Waals surface area contributed by atoms with Crippen molar-refractivity contribution in [3.63, 3.8) is 0 Å². The molecule has 0 aliphatic rings. The highest BCUT2D eigenvalue weighted by atomic mass is 35.5. The molecule has 1 heterocycles. The van der Waals surface area contributed by atoms with Gasteiger partial charge in [-0.1, -0.05) is 12.1 Å². The van der Waals surface area contributed by atoms with Crippen molar-refractivity contribution in [3.05, 3.63) is 36.0 Å². The molecule has 0 aliphatic heterocycles. The van der Waals surface area contributed by atoms with Crippen LogP contribution in [0.4, 0.5) is 0 Å². The van der Waals surface area contributed by atoms with Gasteiger partial charge in [0, 0.05) is 18.3 Å². The van der Waals surface area contributed by atoms with Crippen molar-refractivity contribution in [3.8, 4) is 0 Å². The van der Waals surface area contributed by atoms with E-state index in [9.17, 15) is 0 Å². The zero-order valence-electron chi connectivity index (χ0n) is 6.99. The molecule has 0 saturated heterocycles. The van der Waals surface area contributed by atoms with E-state index >= 15 is 0 Å². The first kappa shape index (κ1) is 12.3. The second-order valence-electron chi connectivity index (χ2n) is 2.60. The molecule has 3 N–H and O–H groups in total. The fourth-order valence-electron chi connectivity index (χ4n) is 1.22. The highest BCUT2D eigenvalue weighted by Crippen LogP contribution is 2.13. The van der Waals surface area contributed by atoms with Crippen molar-refractivity contribution < 1.29 is 0 Å². The van der Waals surface area contributed by atoms with Crippen molar-refractivity contribution in [1.29, 1.82) is 0 Å². The lowest BCUT2D eigenvalue weighted by Gasteiger charge is -1.95. The summed E-state index contributed by atoms with van der Waals surface area (Å²) in [6, 6.07) is 8.26. The Morgan fingerprint density at radius 2 is 1.92 bits per heavy atom. The summed E-state index contributed by atoms with van der Waals surface area (Å²) < 4.78 is 0. The van der Waals surface area contributed by atoms with E-state index in [2.05, 4.69) is 29.2 Å². The maximum absolute atomic E-state index is 5.50. The van der Waals surface area contributed by atoms with E-state index in [0.29, 0.717) is 6.54 Å². The Morgan fingerprint density at radius 1 is 1.15 bits per heavy atom. The van der Waals surface area contributed by atoms with Crippen LogP contribution in [0, 0.1) is 0 Å². The van der Waals surface area contributed by atoms with E-state index in [1.807, 2.05) is 6.20 Å². The lowest BCUT2D eigenvalue weighted by atomic mass is 10.2. The molecule has 0 radical (unpaired) electrons. The van der Waals surface area contributed by atoms with Gasteiger partial charge in [-0.3, -0.25) is 0 Å². The average molecular weight is 219 g/mol. The van der Waals surface area contributed by atoms with Gasteiger partial charge in [0.25, 0.3) is 0 Å². The molecule has 2 aromatic rings. The molecule has 2 nitrogen and oxygen atoms in total. The fraction of sp³-hybridized carbons (Fsp3) is 0.111. The molecule has 1 aromatic heterocycles. The minimum atomic E-state index is 0. The van der Waals surface area contributed by atoms with E-state index in [1.165, 1.54) is 10.9 Å². The molecule has 0 fully saturated rings. The molecule has 0 unspecified atom stereocenters. The topological polar surface area (TPSA) is 41.8 Å². The van der Waals surface area contributed by atoms with Gasteiger partial charge in [0.1, 0.15) is 0 Å².